The molecular formula is C26H23FN4O3. The van der Waals surface area contributed by atoms with Gasteiger partial charge in [-0.05, 0) is 67.1 Å². The molecule has 0 atom stereocenters. The summed E-state index contributed by atoms with van der Waals surface area (Å²) in [6.45, 7) is 2.94. The van der Waals surface area contributed by atoms with Crippen molar-refractivity contribution in [1.82, 2.24) is 14.5 Å². The lowest BCUT2D eigenvalue weighted by atomic mass is 10.2. The lowest BCUT2D eigenvalue weighted by Gasteiger charge is -2.08. The lowest BCUT2D eigenvalue weighted by Crippen LogP contribution is -2.02. The summed E-state index contributed by atoms with van der Waals surface area (Å²) < 4.78 is 26.0. The van der Waals surface area contributed by atoms with Crippen LogP contribution in [0.1, 0.15) is 30.1 Å². The first-order valence-electron chi connectivity index (χ1n) is 11.1. The molecule has 0 radical (unpaired) electrons. The number of unbranched alkanes of at least 4 members (excludes halogenated alkanes) is 1. The number of fused-ring (bicyclic) bond motifs is 2. The van der Waals surface area contributed by atoms with Crippen LogP contribution in [-0.4, -0.2) is 27.6 Å². The van der Waals surface area contributed by atoms with Gasteiger partial charge in [-0.1, -0.05) is 13.3 Å². The minimum absolute atomic E-state index is 0.308. The van der Waals surface area contributed by atoms with Crippen LogP contribution in [0.5, 0.6) is 0 Å². The summed E-state index contributed by atoms with van der Waals surface area (Å²) in [5.41, 5.74) is 5.01. The van der Waals surface area contributed by atoms with Crippen LogP contribution in [0.2, 0.25) is 0 Å². The van der Waals surface area contributed by atoms with E-state index in [-0.39, 0.29) is 5.82 Å². The van der Waals surface area contributed by atoms with Crippen molar-refractivity contribution in [3.05, 3.63) is 72.0 Å². The molecule has 34 heavy (non-hydrogen) atoms. The number of rotatable bonds is 7. The van der Waals surface area contributed by atoms with Crippen LogP contribution in [0.3, 0.4) is 0 Å². The number of methoxy groups -OCH3 is 1. The first kappa shape index (κ1) is 21.6. The summed E-state index contributed by atoms with van der Waals surface area (Å²) >= 11 is 0. The van der Waals surface area contributed by atoms with Crippen LogP contribution in [0, 0.1) is 5.82 Å². The van der Waals surface area contributed by atoms with Crippen LogP contribution < -0.4 is 5.32 Å². The number of hydrogen-bond donors (Lipinski definition) is 1. The van der Waals surface area contributed by atoms with Gasteiger partial charge in [-0.3, -0.25) is 0 Å². The van der Waals surface area contributed by atoms with E-state index in [4.69, 9.17) is 14.1 Å². The number of oxazole rings is 1. The topological polar surface area (TPSA) is 82.2 Å². The predicted octanol–water partition coefficient (Wildman–Crippen LogP) is 6.31. The Labute approximate surface area is 195 Å². The summed E-state index contributed by atoms with van der Waals surface area (Å²) in [5.74, 6) is 0.0950. The number of imidazole rings is 1. The highest BCUT2D eigenvalue weighted by molar-refractivity contribution is 5.94. The van der Waals surface area contributed by atoms with Gasteiger partial charge < -0.3 is 19.0 Å². The van der Waals surface area contributed by atoms with Crippen molar-refractivity contribution in [3.63, 3.8) is 0 Å². The lowest BCUT2D eigenvalue weighted by molar-refractivity contribution is 0.0601. The van der Waals surface area contributed by atoms with Gasteiger partial charge in [0.05, 0.1) is 23.7 Å². The number of esters is 1. The SMILES string of the molecule is CCCCn1c(-c2ccc3oc(Nc4ccc(F)cc4)nc3c2)nc2cc(C(=O)OC)ccc21. The number of carbonyl (C=O) groups excluding carboxylic acids is 1. The molecule has 0 spiro atoms. The standard InChI is InChI=1S/C26H23FN4O3/c1-3-4-13-31-22-11-5-17(25(32)33-2)15-20(22)29-24(31)16-6-12-23-21(14-16)30-26(34-23)28-19-9-7-18(27)8-10-19/h5-12,14-15H,3-4,13H2,1-2H3,(H,28,30). The maximum atomic E-state index is 13.2. The summed E-state index contributed by atoms with van der Waals surface area (Å²) in [4.78, 5) is 21.4. The molecule has 0 aliphatic heterocycles. The number of nitrogens with zero attached hydrogens (tertiary/aromatic N) is 3. The third kappa shape index (κ3) is 4.10. The van der Waals surface area contributed by atoms with Gasteiger partial charge in [-0.2, -0.15) is 4.98 Å². The van der Waals surface area contributed by atoms with Gasteiger partial charge in [-0.15, -0.1) is 0 Å². The first-order valence-corrected chi connectivity index (χ1v) is 11.1. The first-order chi connectivity index (χ1) is 16.6. The van der Waals surface area contributed by atoms with Crippen LogP contribution in [0.25, 0.3) is 33.5 Å². The minimum atomic E-state index is -0.392. The van der Waals surface area contributed by atoms with Crippen molar-refractivity contribution in [1.29, 1.82) is 0 Å². The summed E-state index contributed by atoms with van der Waals surface area (Å²) in [6.07, 6.45) is 2.04. The number of carbonyl (C=O) groups is 1. The molecule has 8 heteroatoms. The second-order valence-corrected chi connectivity index (χ2v) is 7.97. The Kier molecular flexibility index (Phi) is 5.71. The van der Waals surface area contributed by atoms with E-state index in [2.05, 4.69) is 21.8 Å². The van der Waals surface area contributed by atoms with Gasteiger partial charge >= 0.3 is 5.97 Å². The monoisotopic (exact) mass is 458 g/mol. The molecule has 1 N–H and O–H groups in total. The molecule has 0 aliphatic rings. The Morgan fingerprint density at radius 1 is 1.06 bits per heavy atom. The van der Waals surface area contributed by atoms with Crippen LogP contribution in [0.4, 0.5) is 16.1 Å². The number of benzene rings is 3. The molecule has 7 nitrogen and oxygen atoms in total. The smallest absolute Gasteiger partial charge is 0.337 e. The molecule has 172 valence electrons. The average Bonchev–Trinajstić information content (AvgIpc) is 3.43. The second-order valence-electron chi connectivity index (χ2n) is 7.97. The van der Waals surface area contributed by atoms with Crippen molar-refractivity contribution < 1.29 is 18.3 Å². The number of ether oxygens (including phenoxy) is 1. The molecule has 2 aromatic heterocycles. The van der Waals surface area contributed by atoms with Gasteiger partial charge in [-0.25, -0.2) is 14.2 Å². The molecule has 3 aromatic carbocycles. The molecule has 5 rings (SSSR count). The highest BCUT2D eigenvalue weighted by Crippen LogP contribution is 2.30. The van der Waals surface area contributed by atoms with E-state index in [0.717, 1.165) is 41.8 Å². The van der Waals surface area contributed by atoms with Crippen molar-refractivity contribution >= 4 is 39.8 Å². The zero-order valence-electron chi connectivity index (χ0n) is 18.8. The summed E-state index contributed by atoms with van der Waals surface area (Å²) in [6, 6.07) is 17.5. The van der Waals surface area contributed by atoms with E-state index in [9.17, 15) is 9.18 Å². The van der Waals surface area contributed by atoms with E-state index in [1.165, 1.54) is 19.2 Å². The fourth-order valence-electron chi connectivity index (χ4n) is 3.91. The number of anilines is 2. The number of aromatic nitrogens is 3. The molecule has 0 amide bonds. The number of nitrogens with one attached hydrogen (secondary N) is 1. The maximum absolute atomic E-state index is 13.2. The zero-order chi connectivity index (χ0) is 23.7. The Hall–Kier alpha value is -4.20. The van der Waals surface area contributed by atoms with Crippen LogP contribution in [-0.2, 0) is 11.3 Å². The molecule has 0 saturated carbocycles. The molecule has 5 aromatic rings. The Morgan fingerprint density at radius 3 is 2.65 bits per heavy atom. The van der Waals surface area contributed by atoms with Gasteiger partial charge in [0.2, 0.25) is 0 Å². The van der Waals surface area contributed by atoms with Gasteiger partial charge in [0, 0.05) is 17.8 Å². The van der Waals surface area contributed by atoms with E-state index in [1.807, 2.05) is 24.3 Å². The maximum Gasteiger partial charge on any atom is 0.337 e. The highest BCUT2D eigenvalue weighted by atomic mass is 19.1. The molecule has 0 bridgehead atoms. The fourth-order valence-corrected chi connectivity index (χ4v) is 3.91. The number of halogens is 1. The Morgan fingerprint density at radius 2 is 1.88 bits per heavy atom. The normalized spacial score (nSPS) is 11.3. The fraction of sp³-hybridized carbons (Fsp3) is 0.192. The van der Waals surface area contributed by atoms with Crippen LogP contribution in [0.15, 0.2) is 65.1 Å². The third-order valence-electron chi connectivity index (χ3n) is 5.65. The number of aryl methyl sites for hydroxylation is 1. The van der Waals surface area contributed by atoms with Crippen molar-refractivity contribution in [2.45, 2.75) is 26.3 Å². The van der Waals surface area contributed by atoms with Crippen LogP contribution >= 0.6 is 0 Å². The molecule has 2 heterocycles. The molecule has 0 fully saturated rings. The minimum Gasteiger partial charge on any atom is -0.465 e. The van der Waals surface area contributed by atoms with E-state index < -0.39 is 5.97 Å². The second kappa shape index (κ2) is 8.97. The predicted molar refractivity (Wildman–Crippen MR) is 129 cm³/mol. The molecular weight excluding hydrogens is 435 g/mol. The summed E-state index contributed by atoms with van der Waals surface area (Å²) in [5, 5.41) is 3.05. The third-order valence-corrected chi connectivity index (χ3v) is 5.65. The molecule has 0 saturated heterocycles. The van der Waals surface area contributed by atoms with Crippen molar-refractivity contribution in [2.75, 3.05) is 12.4 Å². The van der Waals surface area contributed by atoms with Gasteiger partial charge in [0.25, 0.3) is 6.01 Å². The van der Waals surface area contributed by atoms with Crippen molar-refractivity contribution in [2.24, 2.45) is 0 Å². The van der Waals surface area contributed by atoms with E-state index >= 15 is 0 Å². The van der Waals surface area contributed by atoms with Crippen molar-refractivity contribution in [3.8, 4) is 11.4 Å². The quantitative estimate of drug-likeness (QED) is 0.288. The highest BCUT2D eigenvalue weighted by Gasteiger charge is 2.16. The van der Waals surface area contributed by atoms with E-state index in [0.29, 0.717) is 28.4 Å². The van der Waals surface area contributed by atoms with Gasteiger partial charge in [0.1, 0.15) is 17.2 Å². The summed E-state index contributed by atoms with van der Waals surface area (Å²) in [7, 11) is 1.37. The Balaban J connectivity index is 1.54. The molecule has 0 aliphatic carbocycles. The average molecular weight is 458 g/mol. The van der Waals surface area contributed by atoms with Gasteiger partial charge in [0.15, 0.2) is 5.58 Å². The Bertz CT molecular complexity index is 1490. The zero-order valence-corrected chi connectivity index (χ0v) is 18.8. The molecule has 0 unspecified atom stereocenters. The number of hydrogen-bond acceptors (Lipinski definition) is 6. The van der Waals surface area contributed by atoms with E-state index in [1.54, 1.807) is 24.3 Å². The largest absolute Gasteiger partial charge is 0.465 e.